The van der Waals surface area contributed by atoms with Crippen LogP contribution >= 0.6 is 15.9 Å². The van der Waals surface area contributed by atoms with Crippen molar-refractivity contribution >= 4 is 47.8 Å². The molecule has 0 fully saturated rings. The molecule has 0 saturated heterocycles. The lowest BCUT2D eigenvalue weighted by atomic mass is 10.1. The Morgan fingerprint density at radius 3 is 2.45 bits per heavy atom. The minimum absolute atomic E-state index is 0.141. The number of likely N-dealkylation sites (N-methyl/N-ethyl adjacent to an activating group) is 1. The van der Waals surface area contributed by atoms with Gasteiger partial charge in [0.15, 0.2) is 0 Å². The minimum atomic E-state index is -1.30. The highest BCUT2D eigenvalue weighted by molar-refractivity contribution is 9.10. The summed E-state index contributed by atoms with van der Waals surface area (Å²) in [6.45, 7) is 13.3. The van der Waals surface area contributed by atoms with E-state index in [1.54, 1.807) is 44.9 Å². The maximum atomic E-state index is 12.8. The van der Waals surface area contributed by atoms with E-state index in [0.29, 0.717) is 46.9 Å². The van der Waals surface area contributed by atoms with Crippen molar-refractivity contribution in [2.75, 3.05) is 39.2 Å². The van der Waals surface area contributed by atoms with Crippen LogP contribution in [0.3, 0.4) is 0 Å². The van der Waals surface area contributed by atoms with E-state index < -0.39 is 37.9 Å². The first-order chi connectivity index (χ1) is 19.5. The second-order valence-corrected chi connectivity index (χ2v) is 18.7. The number of aliphatic carboxylic acids is 1. The van der Waals surface area contributed by atoms with Gasteiger partial charge in [0, 0.05) is 36.9 Å². The molecule has 14 heteroatoms. The van der Waals surface area contributed by atoms with Gasteiger partial charge in [-0.2, -0.15) is 0 Å². The summed E-state index contributed by atoms with van der Waals surface area (Å²) in [5.41, 5.74) is 1.90. The summed E-state index contributed by atoms with van der Waals surface area (Å²) in [5.74, 6) is -0.464. The van der Waals surface area contributed by atoms with Crippen LogP contribution in [0.4, 0.5) is 15.3 Å². The van der Waals surface area contributed by atoms with Crippen LogP contribution in [0.5, 0.6) is 0 Å². The predicted octanol–water partition coefficient (Wildman–Crippen LogP) is 5.84. The number of carbonyl (C=O) groups is 3. The van der Waals surface area contributed by atoms with Gasteiger partial charge in [0.2, 0.25) is 0 Å². The first kappa shape index (κ1) is 35.3. The molecule has 0 aliphatic rings. The normalized spacial score (nSPS) is 12.6. The van der Waals surface area contributed by atoms with Crippen LogP contribution in [0.25, 0.3) is 11.3 Å². The fourth-order valence-corrected chi connectivity index (χ4v) is 5.14. The molecule has 1 aromatic heterocycles. The van der Waals surface area contributed by atoms with Crippen LogP contribution in [0.1, 0.15) is 44.8 Å². The highest BCUT2D eigenvalue weighted by Gasteiger charge is 2.26. The third-order valence-electron chi connectivity index (χ3n) is 5.92. The van der Waals surface area contributed by atoms with Crippen LogP contribution < -0.4 is 10.6 Å². The molecule has 1 heterocycles. The Labute approximate surface area is 257 Å². The van der Waals surface area contributed by atoms with Crippen molar-refractivity contribution in [3.05, 3.63) is 34.2 Å². The third kappa shape index (κ3) is 12.5. The smallest absolute Gasteiger partial charge is 0.411 e. The van der Waals surface area contributed by atoms with Crippen molar-refractivity contribution in [1.29, 1.82) is 0 Å². The standard InChI is InChI=1S/C28H44BrN5O7Si/c1-28(2,3)41-27(38)32-21(11-12-34(4)16-23(35)36)25-31-22(17-40-13-14-42(6,7)8)24(33-25)19-10-9-18(15-20(19)29)30-26(37)39-5/h9-10,15,21H,11-14,16-17H2,1-8H3,(H,30,37)(H,31,33)(H,32,38)(H,35,36)/t21-/m0/s1. The highest BCUT2D eigenvalue weighted by Crippen LogP contribution is 2.33. The number of carboxylic acids is 1. The Hall–Kier alpha value is -2.94. The van der Waals surface area contributed by atoms with E-state index in [-0.39, 0.29) is 13.2 Å². The van der Waals surface area contributed by atoms with E-state index in [4.69, 9.17) is 19.6 Å². The number of nitrogens with zero attached hydrogens (tertiary/aromatic N) is 2. The number of carboxylic acid groups (broad SMARTS) is 1. The number of halogens is 1. The van der Waals surface area contributed by atoms with Crippen LogP contribution in [0.15, 0.2) is 22.7 Å². The van der Waals surface area contributed by atoms with Crippen molar-refractivity contribution in [2.45, 2.75) is 71.1 Å². The van der Waals surface area contributed by atoms with Gasteiger partial charge in [0.1, 0.15) is 11.4 Å². The molecule has 0 radical (unpaired) electrons. The number of ether oxygens (including phenoxy) is 3. The molecule has 12 nitrogen and oxygen atoms in total. The van der Waals surface area contributed by atoms with Gasteiger partial charge in [-0.25, -0.2) is 14.6 Å². The second-order valence-electron chi connectivity index (χ2n) is 12.2. The number of hydrogen-bond donors (Lipinski definition) is 4. The number of rotatable bonds is 14. The van der Waals surface area contributed by atoms with Crippen LogP contribution in [0, 0.1) is 0 Å². The fourth-order valence-electron chi connectivity index (χ4n) is 3.81. The molecule has 4 N–H and O–H groups in total. The molecule has 0 aliphatic carbocycles. The molecule has 0 unspecified atom stereocenters. The number of aromatic nitrogens is 2. The van der Waals surface area contributed by atoms with Crippen molar-refractivity contribution in [1.82, 2.24) is 20.2 Å². The number of anilines is 1. The number of aromatic amines is 1. The van der Waals surface area contributed by atoms with Gasteiger partial charge in [-0.1, -0.05) is 35.6 Å². The zero-order valence-electron chi connectivity index (χ0n) is 25.7. The van der Waals surface area contributed by atoms with Gasteiger partial charge >= 0.3 is 18.2 Å². The number of benzene rings is 1. The number of H-pyrrole nitrogens is 1. The van der Waals surface area contributed by atoms with Gasteiger partial charge in [-0.3, -0.25) is 15.0 Å². The van der Waals surface area contributed by atoms with E-state index in [2.05, 4.69) is 55.9 Å². The Kier molecular flexibility index (Phi) is 13.0. The number of amides is 2. The Bertz CT molecular complexity index is 1230. The Balaban J connectivity index is 2.46. The second kappa shape index (κ2) is 15.5. The van der Waals surface area contributed by atoms with E-state index in [9.17, 15) is 14.4 Å². The third-order valence-corrected chi connectivity index (χ3v) is 8.28. The number of hydrogen-bond acceptors (Lipinski definition) is 8. The first-order valence-corrected chi connectivity index (χ1v) is 18.2. The quantitative estimate of drug-likeness (QED) is 0.143. The zero-order chi connectivity index (χ0) is 31.7. The van der Waals surface area contributed by atoms with Crippen LogP contribution in [-0.4, -0.2) is 85.7 Å². The molecule has 2 amide bonds. The molecule has 0 saturated carbocycles. The highest BCUT2D eigenvalue weighted by atomic mass is 79.9. The maximum Gasteiger partial charge on any atom is 0.411 e. The van der Waals surface area contributed by atoms with Gasteiger partial charge in [-0.15, -0.1) is 0 Å². The average Bonchev–Trinajstić information content (AvgIpc) is 3.26. The Morgan fingerprint density at radius 2 is 1.88 bits per heavy atom. The maximum absolute atomic E-state index is 12.8. The SMILES string of the molecule is COC(=O)Nc1ccc(-c2nc([C@H](CCN(C)CC(=O)O)NC(=O)OC(C)(C)C)[nH]c2COCC[Si](C)(C)C)c(Br)c1. The lowest BCUT2D eigenvalue weighted by Gasteiger charge is -2.24. The molecule has 1 atom stereocenters. The summed E-state index contributed by atoms with van der Waals surface area (Å²) < 4.78 is 16.9. The summed E-state index contributed by atoms with van der Waals surface area (Å²) in [4.78, 5) is 45.5. The molecule has 2 aromatic rings. The summed E-state index contributed by atoms with van der Waals surface area (Å²) in [7, 11) is 1.69. The molecule has 234 valence electrons. The van der Waals surface area contributed by atoms with Crippen LogP contribution in [-0.2, 0) is 25.6 Å². The number of alkyl carbamates (subject to hydrolysis) is 1. The molecule has 2 rings (SSSR count). The first-order valence-electron chi connectivity index (χ1n) is 13.7. The van der Waals surface area contributed by atoms with Crippen molar-refractivity contribution < 1.29 is 33.7 Å². The average molecular weight is 671 g/mol. The lowest BCUT2D eigenvalue weighted by molar-refractivity contribution is -0.138. The largest absolute Gasteiger partial charge is 0.480 e. The van der Waals surface area contributed by atoms with Gasteiger partial charge in [-0.05, 0) is 58.5 Å². The molecule has 1 aromatic carbocycles. The Morgan fingerprint density at radius 1 is 1.19 bits per heavy atom. The summed E-state index contributed by atoms with van der Waals surface area (Å²) in [6, 6.07) is 5.69. The van der Waals surface area contributed by atoms with E-state index in [0.717, 1.165) is 11.6 Å². The van der Waals surface area contributed by atoms with Crippen LogP contribution in [0.2, 0.25) is 25.7 Å². The zero-order valence-corrected chi connectivity index (χ0v) is 28.3. The summed E-state index contributed by atoms with van der Waals surface area (Å²) >= 11 is 3.60. The molecule has 42 heavy (non-hydrogen) atoms. The molecule has 0 spiro atoms. The minimum Gasteiger partial charge on any atom is -0.480 e. The molecular weight excluding hydrogens is 626 g/mol. The number of carbonyl (C=O) groups excluding carboxylic acids is 2. The number of nitrogens with one attached hydrogen (secondary N) is 3. The predicted molar refractivity (Wildman–Crippen MR) is 167 cm³/mol. The van der Waals surface area contributed by atoms with Crippen molar-refractivity contribution in [3.8, 4) is 11.3 Å². The van der Waals surface area contributed by atoms with Gasteiger partial charge < -0.3 is 29.6 Å². The van der Waals surface area contributed by atoms with Crippen molar-refractivity contribution in [2.24, 2.45) is 0 Å². The van der Waals surface area contributed by atoms with Gasteiger partial charge in [0.05, 0.1) is 37.7 Å². The van der Waals surface area contributed by atoms with E-state index in [1.807, 2.05) is 6.07 Å². The summed E-state index contributed by atoms with van der Waals surface area (Å²) in [5, 5.41) is 14.7. The monoisotopic (exact) mass is 669 g/mol. The number of methoxy groups -OCH3 is 1. The van der Waals surface area contributed by atoms with Gasteiger partial charge in [0.25, 0.3) is 0 Å². The molecule has 0 bridgehead atoms. The van der Waals surface area contributed by atoms with E-state index in [1.165, 1.54) is 7.11 Å². The number of imidazole rings is 1. The van der Waals surface area contributed by atoms with E-state index >= 15 is 0 Å². The molecular formula is C28H44BrN5O7Si. The lowest BCUT2D eigenvalue weighted by Crippen LogP contribution is -2.37. The van der Waals surface area contributed by atoms with Crippen molar-refractivity contribution in [3.63, 3.8) is 0 Å². The topological polar surface area (TPSA) is 155 Å². The fraction of sp³-hybridized carbons (Fsp3) is 0.571. The molecule has 0 aliphatic heterocycles. The summed E-state index contributed by atoms with van der Waals surface area (Å²) in [6.07, 6.45) is -0.828.